The van der Waals surface area contributed by atoms with Crippen LogP contribution < -0.4 is 10.6 Å². The molecule has 0 fully saturated rings. The molecule has 0 unspecified atom stereocenters. The maximum absolute atomic E-state index is 13.6. The van der Waals surface area contributed by atoms with Crippen molar-refractivity contribution >= 4 is 23.3 Å². The number of amides is 1. The molecule has 1 aromatic heterocycles. The minimum absolute atomic E-state index is 0.119. The van der Waals surface area contributed by atoms with E-state index >= 15 is 0 Å². The zero-order valence-corrected chi connectivity index (χ0v) is 11.1. The third-order valence-electron chi connectivity index (χ3n) is 2.61. The van der Waals surface area contributed by atoms with Gasteiger partial charge in [0.05, 0.1) is 12.2 Å². The number of anilines is 2. The number of hydrogen-bond donors (Lipinski definition) is 3. The molecule has 0 aliphatic rings. The number of halogens is 1. The maximum atomic E-state index is 13.6. The number of nitrogens with one attached hydrogen (secondary N) is 2. The van der Waals surface area contributed by atoms with Crippen molar-refractivity contribution in [1.29, 1.82) is 0 Å². The number of carbonyl (C=O) groups is 2. The Balaban J connectivity index is 2.07. The highest BCUT2D eigenvalue weighted by molar-refractivity contribution is 5.89. The van der Waals surface area contributed by atoms with Gasteiger partial charge in [0.25, 0.3) is 0 Å². The van der Waals surface area contributed by atoms with E-state index in [1.54, 1.807) is 0 Å². The molecule has 0 saturated heterocycles. The van der Waals surface area contributed by atoms with Gasteiger partial charge in [-0.15, -0.1) is 0 Å². The second kappa shape index (κ2) is 6.08. The normalized spacial score (nSPS) is 10.2. The van der Waals surface area contributed by atoms with Crippen LogP contribution in [0.4, 0.5) is 15.8 Å². The van der Waals surface area contributed by atoms with Crippen molar-refractivity contribution in [2.24, 2.45) is 0 Å². The van der Waals surface area contributed by atoms with Gasteiger partial charge in [-0.25, -0.2) is 9.18 Å². The van der Waals surface area contributed by atoms with Crippen molar-refractivity contribution < 1.29 is 23.5 Å². The largest absolute Gasteiger partial charge is 0.475 e. The van der Waals surface area contributed by atoms with Crippen LogP contribution in [0.25, 0.3) is 0 Å². The topological polar surface area (TPSA) is 91.6 Å². The van der Waals surface area contributed by atoms with Crippen LogP contribution in [0.2, 0.25) is 0 Å². The number of carboxylic acid groups (broad SMARTS) is 1. The Morgan fingerprint density at radius 3 is 2.67 bits per heavy atom. The molecule has 0 spiro atoms. The van der Waals surface area contributed by atoms with Crippen LogP contribution >= 0.6 is 0 Å². The molecule has 0 aliphatic heterocycles. The van der Waals surface area contributed by atoms with Gasteiger partial charge in [0.1, 0.15) is 11.6 Å². The second-order valence-corrected chi connectivity index (χ2v) is 4.30. The molecular formula is C14H13FN2O4. The van der Waals surface area contributed by atoms with Gasteiger partial charge in [-0.3, -0.25) is 4.79 Å². The molecule has 0 radical (unpaired) electrons. The highest BCUT2D eigenvalue weighted by Crippen LogP contribution is 2.20. The zero-order valence-electron chi connectivity index (χ0n) is 11.1. The van der Waals surface area contributed by atoms with E-state index in [0.29, 0.717) is 11.4 Å². The van der Waals surface area contributed by atoms with Crippen LogP contribution in [0.1, 0.15) is 23.2 Å². The Hall–Kier alpha value is -2.83. The van der Waals surface area contributed by atoms with E-state index in [1.807, 2.05) is 0 Å². The molecule has 3 N–H and O–H groups in total. The van der Waals surface area contributed by atoms with E-state index in [4.69, 9.17) is 9.52 Å². The Morgan fingerprint density at radius 1 is 1.29 bits per heavy atom. The van der Waals surface area contributed by atoms with Gasteiger partial charge in [-0.1, -0.05) is 0 Å². The summed E-state index contributed by atoms with van der Waals surface area (Å²) in [6, 6.07) is 6.92. The molecule has 110 valence electrons. The molecule has 7 heteroatoms. The van der Waals surface area contributed by atoms with Gasteiger partial charge in [0.15, 0.2) is 0 Å². The molecule has 1 amide bonds. The fraction of sp³-hybridized carbons (Fsp3) is 0.143. The first kappa shape index (κ1) is 14.6. The molecule has 2 rings (SSSR count). The van der Waals surface area contributed by atoms with Crippen LogP contribution in [-0.2, 0) is 11.3 Å². The summed E-state index contributed by atoms with van der Waals surface area (Å²) in [6.45, 7) is 1.47. The molecule has 6 nitrogen and oxygen atoms in total. The number of benzene rings is 1. The van der Waals surface area contributed by atoms with Crippen molar-refractivity contribution in [1.82, 2.24) is 0 Å². The van der Waals surface area contributed by atoms with E-state index < -0.39 is 11.8 Å². The van der Waals surface area contributed by atoms with Crippen LogP contribution in [0, 0.1) is 5.82 Å². The summed E-state index contributed by atoms with van der Waals surface area (Å²) in [6.07, 6.45) is 0. The molecule has 0 aliphatic carbocycles. The van der Waals surface area contributed by atoms with Crippen LogP contribution in [0.3, 0.4) is 0 Å². The molecule has 0 atom stereocenters. The summed E-state index contributed by atoms with van der Waals surface area (Å²) in [5.41, 5.74) is 0.631. The molecule has 0 bridgehead atoms. The standard InChI is InChI=1S/C14H13FN2O4/c1-8(18)17-9-2-4-11(15)12(6-9)16-7-10-3-5-13(21-10)14(19)20/h2-6,16H,7H2,1H3,(H,17,18)(H,19,20). The first-order chi connectivity index (χ1) is 9.95. The SMILES string of the molecule is CC(=O)Nc1ccc(F)c(NCc2ccc(C(=O)O)o2)c1. The number of aromatic carboxylic acids is 1. The van der Waals surface area contributed by atoms with E-state index in [0.717, 1.165) is 0 Å². The average Bonchev–Trinajstić information content (AvgIpc) is 2.88. The fourth-order valence-corrected chi connectivity index (χ4v) is 1.71. The molecule has 1 aromatic carbocycles. The van der Waals surface area contributed by atoms with Gasteiger partial charge in [-0.05, 0) is 30.3 Å². The van der Waals surface area contributed by atoms with Crippen LogP contribution in [-0.4, -0.2) is 17.0 Å². The van der Waals surface area contributed by atoms with Crippen molar-refractivity contribution in [3.63, 3.8) is 0 Å². The highest BCUT2D eigenvalue weighted by Gasteiger charge is 2.10. The van der Waals surface area contributed by atoms with E-state index in [2.05, 4.69) is 10.6 Å². The van der Waals surface area contributed by atoms with E-state index in [9.17, 15) is 14.0 Å². The summed E-state index contributed by atoms with van der Waals surface area (Å²) in [7, 11) is 0. The van der Waals surface area contributed by atoms with Crippen molar-refractivity contribution in [3.05, 3.63) is 47.7 Å². The van der Waals surface area contributed by atoms with Crippen molar-refractivity contribution in [2.45, 2.75) is 13.5 Å². The number of hydrogen-bond acceptors (Lipinski definition) is 4. The number of rotatable bonds is 5. The smallest absolute Gasteiger partial charge is 0.371 e. The summed E-state index contributed by atoms with van der Waals surface area (Å²) in [5, 5.41) is 14.1. The van der Waals surface area contributed by atoms with Crippen molar-refractivity contribution in [2.75, 3.05) is 10.6 Å². The van der Waals surface area contributed by atoms with Gasteiger partial charge < -0.3 is 20.2 Å². The van der Waals surface area contributed by atoms with E-state index in [-0.39, 0.29) is 23.9 Å². The lowest BCUT2D eigenvalue weighted by Crippen LogP contribution is -2.07. The summed E-state index contributed by atoms with van der Waals surface area (Å²) in [5.74, 6) is -1.74. The predicted octanol–water partition coefficient (Wildman–Crippen LogP) is 2.69. The Kier molecular flexibility index (Phi) is 4.22. The van der Waals surface area contributed by atoms with Crippen LogP contribution in [0.15, 0.2) is 34.7 Å². The van der Waals surface area contributed by atoms with Gasteiger partial charge in [0, 0.05) is 12.6 Å². The molecule has 1 heterocycles. The Labute approximate surface area is 119 Å². The lowest BCUT2D eigenvalue weighted by Gasteiger charge is -2.09. The van der Waals surface area contributed by atoms with Crippen molar-refractivity contribution in [3.8, 4) is 0 Å². The Bertz CT molecular complexity index is 681. The molecule has 21 heavy (non-hydrogen) atoms. The van der Waals surface area contributed by atoms with E-state index in [1.165, 1.54) is 37.3 Å². The number of carbonyl (C=O) groups excluding carboxylic acids is 1. The first-order valence-corrected chi connectivity index (χ1v) is 6.08. The predicted molar refractivity (Wildman–Crippen MR) is 73.7 cm³/mol. The lowest BCUT2D eigenvalue weighted by atomic mass is 10.2. The quantitative estimate of drug-likeness (QED) is 0.788. The third kappa shape index (κ3) is 3.82. The van der Waals surface area contributed by atoms with Gasteiger partial charge >= 0.3 is 5.97 Å². The summed E-state index contributed by atoms with van der Waals surface area (Å²) >= 11 is 0. The minimum atomic E-state index is -1.17. The number of carboxylic acids is 1. The second-order valence-electron chi connectivity index (χ2n) is 4.30. The van der Waals surface area contributed by atoms with Crippen LogP contribution in [0.5, 0.6) is 0 Å². The maximum Gasteiger partial charge on any atom is 0.371 e. The Morgan fingerprint density at radius 2 is 2.05 bits per heavy atom. The number of furan rings is 1. The van der Waals surface area contributed by atoms with Gasteiger partial charge in [-0.2, -0.15) is 0 Å². The first-order valence-electron chi connectivity index (χ1n) is 6.08. The average molecular weight is 292 g/mol. The monoisotopic (exact) mass is 292 g/mol. The molecular weight excluding hydrogens is 279 g/mol. The summed E-state index contributed by atoms with van der Waals surface area (Å²) in [4.78, 5) is 21.6. The minimum Gasteiger partial charge on any atom is -0.475 e. The zero-order chi connectivity index (χ0) is 15.4. The highest BCUT2D eigenvalue weighted by atomic mass is 19.1. The summed E-state index contributed by atoms with van der Waals surface area (Å²) < 4.78 is 18.7. The molecule has 2 aromatic rings. The van der Waals surface area contributed by atoms with Gasteiger partial charge in [0.2, 0.25) is 11.7 Å². The third-order valence-corrected chi connectivity index (χ3v) is 2.61. The molecule has 0 saturated carbocycles. The lowest BCUT2D eigenvalue weighted by molar-refractivity contribution is -0.114. The fourth-order valence-electron chi connectivity index (χ4n) is 1.71.